The summed E-state index contributed by atoms with van der Waals surface area (Å²) in [6.45, 7) is 6.14. The highest BCUT2D eigenvalue weighted by Gasteiger charge is 2.31. The summed E-state index contributed by atoms with van der Waals surface area (Å²) in [6.07, 6.45) is 1.50. The minimum Gasteiger partial charge on any atom is -0.480 e. The highest BCUT2D eigenvalue weighted by molar-refractivity contribution is 5.78. The van der Waals surface area contributed by atoms with Crippen LogP contribution >= 0.6 is 0 Å². The zero-order chi connectivity index (χ0) is 11.2. The summed E-state index contributed by atoms with van der Waals surface area (Å²) < 4.78 is 5.05. The van der Waals surface area contributed by atoms with E-state index in [1.807, 2.05) is 13.8 Å². The third-order valence-corrected chi connectivity index (χ3v) is 2.40. The summed E-state index contributed by atoms with van der Waals surface area (Å²) in [5, 5.41) is 12.1. The summed E-state index contributed by atoms with van der Waals surface area (Å²) in [5.41, 5.74) is -0.832. The molecule has 14 heavy (non-hydrogen) atoms. The molecule has 0 rings (SSSR count). The fraction of sp³-hybridized carbons (Fsp3) is 0.900. The topological polar surface area (TPSA) is 58.6 Å². The number of carbonyl (C=O) groups is 1. The minimum atomic E-state index is -0.832. The lowest BCUT2D eigenvalue weighted by atomic mass is 9.96. The molecule has 0 bridgehead atoms. The first-order chi connectivity index (χ1) is 6.46. The molecule has 0 aliphatic rings. The van der Waals surface area contributed by atoms with Crippen molar-refractivity contribution in [1.82, 2.24) is 5.32 Å². The number of nitrogens with one attached hydrogen (secondary N) is 1. The average Bonchev–Trinajstić information content (AvgIpc) is 2.14. The number of hydrogen-bond acceptors (Lipinski definition) is 3. The number of hydrogen-bond donors (Lipinski definition) is 2. The number of methoxy groups -OCH3 is 1. The predicted octanol–water partition coefficient (Wildman–Crippen LogP) is 1.25. The summed E-state index contributed by atoms with van der Waals surface area (Å²) in [4.78, 5) is 11.0. The lowest BCUT2D eigenvalue weighted by Crippen LogP contribution is -2.51. The van der Waals surface area contributed by atoms with Crippen LogP contribution < -0.4 is 5.32 Å². The zero-order valence-electron chi connectivity index (χ0n) is 9.46. The Morgan fingerprint density at radius 2 is 2.21 bits per heavy atom. The van der Waals surface area contributed by atoms with Crippen molar-refractivity contribution >= 4 is 5.97 Å². The monoisotopic (exact) mass is 203 g/mol. The van der Waals surface area contributed by atoms with Crippen molar-refractivity contribution < 1.29 is 14.6 Å². The first-order valence-corrected chi connectivity index (χ1v) is 4.97. The highest BCUT2D eigenvalue weighted by Crippen LogP contribution is 2.12. The Balaban J connectivity index is 4.16. The molecule has 0 aliphatic carbocycles. The SMILES string of the molecule is CCCC(C)(NCC(C)OC)C(=O)O. The van der Waals surface area contributed by atoms with E-state index in [9.17, 15) is 4.79 Å². The van der Waals surface area contributed by atoms with Crippen LogP contribution in [-0.4, -0.2) is 36.4 Å². The van der Waals surface area contributed by atoms with E-state index >= 15 is 0 Å². The van der Waals surface area contributed by atoms with Crippen LogP contribution in [0, 0.1) is 0 Å². The molecule has 84 valence electrons. The van der Waals surface area contributed by atoms with Gasteiger partial charge in [-0.2, -0.15) is 0 Å². The zero-order valence-corrected chi connectivity index (χ0v) is 9.46. The number of aliphatic carboxylic acids is 1. The maximum Gasteiger partial charge on any atom is 0.323 e. The van der Waals surface area contributed by atoms with Gasteiger partial charge in [0.2, 0.25) is 0 Å². The van der Waals surface area contributed by atoms with E-state index in [0.29, 0.717) is 13.0 Å². The van der Waals surface area contributed by atoms with E-state index in [2.05, 4.69) is 5.32 Å². The molecule has 2 atom stereocenters. The van der Waals surface area contributed by atoms with Crippen LogP contribution in [-0.2, 0) is 9.53 Å². The Morgan fingerprint density at radius 3 is 2.57 bits per heavy atom. The van der Waals surface area contributed by atoms with Crippen LogP contribution in [0.2, 0.25) is 0 Å². The summed E-state index contributed by atoms with van der Waals surface area (Å²) in [5.74, 6) is -0.803. The standard InChI is InChI=1S/C10H21NO3/c1-5-6-10(3,9(12)13)11-7-8(2)14-4/h8,11H,5-7H2,1-4H3,(H,12,13). The van der Waals surface area contributed by atoms with Gasteiger partial charge in [0, 0.05) is 13.7 Å². The second-order valence-electron chi connectivity index (χ2n) is 3.81. The molecule has 0 aromatic rings. The molecular weight excluding hydrogens is 182 g/mol. The molecular formula is C10H21NO3. The van der Waals surface area contributed by atoms with Gasteiger partial charge in [-0.3, -0.25) is 10.1 Å². The van der Waals surface area contributed by atoms with Crippen molar-refractivity contribution in [3.8, 4) is 0 Å². The summed E-state index contributed by atoms with van der Waals surface area (Å²) >= 11 is 0. The molecule has 0 saturated carbocycles. The molecule has 4 heteroatoms. The van der Waals surface area contributed by atoms with Crippen molar-refractivity contribution in [3.05, 3.63) is 0 Å². The van der Waals surface area contributed by atoms with Gasteiger partial charge in [0.25, 0.3) is 0 Å². The Hall–Kier alpha value is -0.610. The largest absolute Gasteiger partial charge is 0.480 e. The third-order valence-electron chi connectivity index (χ3n) is 2.40. The quantitative estimate of drug-likeness (QED) is 0.654. The molecule has 0 saturated heterocycles. The Labute approximate surface area is 85.6 Å². The van der Waals surface area contributed by atoms with E-state index in [1.54, 1.807) is 14.0 Å². The second-order valence-corrected chi connectivity index (χ2v) is 3.81. The minimum absolute atomic E-state index is 0.0329. The van der Waals surface area contributed by atoms with Gasteiger partial charge >= 0.3 is 5.97 Å². The first kappa shape index (κ1) is 13.4. The molecule has 0 radical (unpaired) electrons. The van der Waals surface area contributed by atoms with Crippen molar-refractivity contribution in [2.24, 2.45) is 0 Å². The van der Waals surface area contributed by atoms with Crippen LogP contribution in [0.5, 0.6) is 0 Å². The molecule has 2 N–H and O–H groups in total. The Morgan fingerprint density at radius 1 is 1.64 bits per heavy atom. The normalized spacial score (nSPS) is 17.4. The van der Waals surface area contributed by atoms with E-state index in [0.717, 1.165) is 6.42 Å². The highest BCUT2D eigenvalue weighted by atomic mass is 16.5. The molecule has 2 unspecified atom stereocenters. The molecule has 4 nitrogen and oxygen atoms in total. The molecule has 0 aromatic carbocycles. The lowest BCUT2D eigenvalue weighted by molar-refractivity contribution is -0.144. The van der Waals surface area contributed by atoms with Crippen LogP contribution in [0.15, 0.2) is 0 Å². The fourth-order valence-electron chi connectivity index (χ4n) is 1.22. The second kappa shape index (κ2) is 5.98. The molecule has 0 spiro atoms. The number of ether oxygens (including phenoxy) is 1. The first-order valence-electron chi connectivity index (χ1n) is 4.97. The van der Waals surface area contributed by atoms with Gasteiger partial charge in [0.1, 0.15) is 5.54 Å². The van der Waals surface area contributed by atoms with Gasteiger partial charge in [0.05, 0.1) is 6.10 Å². The van der Waals surface area contributed by atoms with E-state index in [1.165, 1.54) is 0 Å². The van der Waals surface area contributed by atoms with E-state index in [-0.39, 0.29) is 6.10 Å². The maximum absolute atomic E-state index is 11.0. The van der Waals surface area contributed by atoms with Gasteiger partial charge in [-0.15, -0.1) is 0 Å². The van der Waals surface area contributed by atoms with Crippen molar-refractivity contribution in [2.75, 3.05) is 13.7 Å². The van der Waals surface area contributed by atoms with Gasteiger partial charge in [-0.05, 0) is 20.3 Å². The van der Waals surface area contributed by atoms with E-state index < -0.39 is 11.5 Å². The average molecular weight is 203 g/mol. The predicted molar refractivity (Wildman–Crippen MR) is 55.4 cm³/mol. The Kier molecular flexibility index (Phi) is 5.72. The van der Waals surface area contributed by atoms with Gasteiger partial charge in [-0.1, -0.05) is 13.3 Å². The number of carboxylic acid groups (broad SMARTS) is 1. The van der Waals surface area contributed by atoms with Crippen molar-refractivity contribution in [1.29, 1.82) is 0 Å². The van der Waals surface area contributed by atoms with Gasteiger partial charge in [0.15, 0.2) is 0 Å². The molecule has 0 aromatic heterocycles. The van der Waals surface area contributed by atoms with Gasteiger partial charge < -0.3 is 9.84 Å². The van der Waals surface area contributed by atoms with Crippen LogP contribution in [0.25, 0.3) is 0 Å². The fourth-order valence-corrected chi connectivity index (χ4v) is 1.22. The number of rotatable bonds is 7. The van der Waals surface area contributed by atoms with Crippen molar-refractivity contribution in [2.45, 2.75) is 45.3 Å². The molecule has 0 amide bonds. The van der Waals surface area contributed by atoms with Crippen LogP contribution in [0.4, 0.5) is 0 Å². The van der Waals surface area contributed by atoms with Crippen LogP contribution in [0.3, 0.4) is 0 Å². The summed E-state index contributed by atoms with van der Waals surface area (Å²) in [6, 6.07) is 0. The lowest BCUT2D eigenvalue weighted by Gasteiger charge is -2.27. The van der Waals surface area contributed by atoms with E-state index in [4.69, 9.17) is 9.84 Å². The third kappa shape index (κ3) is 4.07. The Bertz CT molecular complexity index is 184. The number of carboxylic acids is 1. The smallest absolute Gasteiger partial charge is 0.323 e. The molecule has 0 aliphatic heterocycles. The summed E-state index contributed by atoms with van der Waals surface area (Å²) in [7, 11) is 1.62. The van der Waals surface area contributed by atoms with Crippen molar-refractivity contribution in [3.63, 3.8) is 0 Å². The van der Waals surface area contributed by atoms with Gasteiger partial charge in [-0.25, -0.2) is 0 Å². The molecule has 0 fully saturated rings. The molecule has 0 heterocycles. The van der Waals surface area contributed by atoms with Crippen LogP contribution in [0.1, 0.15) is 33.6 Å². The maximum atomic E-state index is 11.0.